The van der Waals surface area contributed by atoms with Crippen molar-refractivity contribution >= 4 is 23.0 Å². The molecule has 1 N–H and O–H groups in total. The van der Waals surface area contributed by atoms with E-state index in [4.69, 9.17) is 9.81 Å². The number of nitriles is 1. The van der Waals surface area contributed by atoms with Gasteiger partial charge in [-0.05, 0) is 6.42 Å². The Labute approximate surface area is 159 Å². The topological polar surface area (TPSA) is 87.4 Å². The first-order valence-electron chi connectivity index (χ1n) is 7.13. The molecule has 0 aliphatic heterocycles. The van der Waals surface area contributed by atoms with E-state index in [1.165, 1.54) is 50.3 Å². The number of thiocyanates is 1. The average molecular weight is 349 g/mol. The van der Waals surface area contributed by atoms with Crippen molar-refractivity contribution in [3.63, 3.8) is 0 Å². The summed E-state index contributed by atoms with van der Waals surface area (Å²) < 4.78 is 33.0. The zero-order valence-corrected chi connectivity index (χ0v) is 17.0. The summed E-state index contributed by atoms with van der Waals surface area (Å²) in [7, 11) is -4.23. The van der Waals surface area contributed by atoms with Crippen molar-refractivity contribution in [1.29, 1.82) is 5.26 Å². The molecule has 0 amide bonds. The first-order valence-corrected chi connectivity index (χ1v) is 8.94. The van der Waals surface area contributed by atoms with E-state index < -0.39 is 10.4 Å². The first kappa shape index (κ1) is 26.6. The molecular weight excluding hydrogens is 321 g/mol. The monoisotopic (exact) mass is 349 g/mol. The van der Waals surface area contributed by atoms with Crippen LogP contribution in [-0.2, 0) is 14.6 Å². The minimum atomic E-state index is -4.23. The Bertz CT molecular complexity index is 337. The summed E-state index contributed by atoms with van der Waals surface area (Å²) >= 11 is 3.09. The molecule has 0 aliphatic rings. The van der Waals surface area contributed by atoms with Gasteiger partial charge in [-0.15, -0.1) is 0 Å². The second kappa shape index (κ2) is 20.7. The zero-order valence-electron chi connectivity index (χ0n) is 14.3. The summed E-state index contributed by atoms with van der Waals surface area (Å²) in [5.41, 5.74) is 0. The molecule has 0 fully saturated rings. The summed E-state index contributed by atoms with van der Waals surface area (Å²) in [6, 6.07) is 0. The van der Waals surface area contributed by atoms with E-state index in [2.05, 4.69) is 23.7 Å². The average Bonchev–Trinajstić information content (AvgIpc) is 2.35. The Balaban J connectivity index is -0.000000297. The third-order valence-electron chi connectivity index (χ3n) is 2.73. The van der Waals surface area contributed by atoms with Crippen molar-refractivity contribution in [2.24, 2.45) is 0 Å². The van der Waals surface area contributed by atoms with Gasteiger partial charge in [-0.25, -0.2) is 4.18 Å². The zero-order chi connectivity index (χ0) is 15.7. The summed E-state index contributed by atoms with van der Waals surface area (Å²) in [5.74, 6) is 0. The van der Waals surface area contributed by atoms with E-state index in [-0.39, 0.29) is 37.6 Å². The third kappa shape index (κ3) is 33.5. The fraction of sp³-hybridized carbons (Fsp3) is 0.923. The molecule has 0 saturated heterocycles. The Morgan fingerprint density at radius 2 is 1.38 bits per heavy atom. The molecule has 0 saturated carbocycles. The quantitative estimate of drug-likeness (QED) is 0.182. The van der Waals surface area contributed by atoms with Gasteiger partial charge in [0.25, 0.3) is 0 Å². The number of hydrogen-bond donors (Lipinski definition) is 2. The van der Waals surface area contributed by atoms with Gasteiger partial charge >= 0.3 is 40.0 Å². The van der Waals surface area contributed by atoms with Crippen LogP contribution >= 0.6 is 12.6 Å². The molecule has 0 radical (unpaired) electrons. The number of unbranched alkanes of at least 4 members (excludes halogenated alkanes) is 9. The Kier molecular flexibility index (Phi) is 26.2. The Hall–Kier alpha value is 0.710. The number of hydrogen-bond acceptors (Lipinski definition) is 5. The molecule has 5 nitrogen and oxygen atoms in total. The van der Waals surface area contributed by atoms with Crippen LogP contribution in [0.1, 0.15) is 72.6 Å². The number of rotatable bonds is 12. The summed E-state index contributed by atoms with van der Waals surface area (Å²) in [4.78, 5) is 0. The van der Waals surface area contributed by atoms with Crippen LogP contribution in [0.25, 0.3) is 0 Å². The first-order chi connectivity index (χ1) is 9.47. The van der Waals surface area contributed by atoms with E-state index in [1.807, 2.05) is 0 Å². The van der Waals surface area contributed by atoms with Gasteiger partial charge in [-0.2, -0.15) is 13.7 Å². The van der Waals surface area contributed by atoms with Crippen LogP contribution in [-0.4, -0.2) is 19.6 Å². The fourth-order valence-electron chi connectivity index (χ4n) is 1.75. The van der Waals surface area contributed by atoms with Crippen LogP contribution in [0.15, 0.2) is 0 Å². The molecule has 21 heavy (non-hydrogen) atoms. The van der Waals surface area contributed by atoms with Crippen molar-refractivity contribution in [3.05, 3.63) is 0 Å². The van der Waals surface area contributed by atoms with Crippen molar-refractivity contribution in [2.75, 3.05) is 6.61 Å². The molecule has 122 valence electrons. The van der Waals surface area contributed by atoms with E-state index in [0.717, 1.165) is 12.8 Å². The van der Waals surface area contributed by atoms with Gasteiger partial charge in [-0.1, -0.05) is 77.3 Å². The van der Waals surface area contributed by atoms with Crippen LogP contribution in [0.3, 0.4) is 0 Å². The predicted molar refractivity (Wildman–Crippen MR) is 85.1 cm³/mol. The maximum Gasteiger partial charge on any atom is 1.00 e. The van der Waals surface area contributed by atoms with E-state index in [1.54, 1.807) is 0 Å². The van der Waals surface area contributed by atoms with Gasteiger partial charge in [0.2, 0.25) is 0 Å². The normalized spacial score (nSPS) is 10.0. The van der Waals surface area contributed by atoms with Crippen molar-refractivity contribution in [3.8, 4) is 5.40 Å². The van der Waals surface area contributed by atoms with Gasteiger partial charge in [-0.3, -0.25) is 4.55 Å². The van der Waals surface area contributed by atoms with Gasteiger partial charge in [0.05, 0.1) is 6.61 Å². The van der Waals surface area contributed by atoms with E-state index in [9.17, 15) is 8.42 Å². The SMILES string of the molecule is CCCCCCCCCCCCOS(=O)(=O)O.N#CS.[H-].[Na+]. The molecule has 0 unspecified atom stereocenters. The second-order valence-electron chi connectivity index (χ2n) is 4.53. The smallest absolute Gasteiger partial charge is 1.00 e. The predicted octanol–water partition coefficient (Wildman–Crippen LogP) is 1.24. The maximum atomic E-state index is 10.2. The third-order valence-corrected chi connectivity index (χ3v) is 3.19. The van der Waals surface area contributed by atoms with E-state index in [0.29, 0.717) is 6.42 Å². The minimum Gasteiger partial charge on any atom is -1.00 e. The summed E-state index contributed by atoms with van der Waals surface area (Å²) in [6.45, 7) is 2.31. The van der Waals surface area contributed by atoms with Gasteiger partial charge in [0.15, 0.2) is 0 Å². The van der Waals surface area contributed by atoms with Crippen LogP contribution in [0.5, 0.6) is 0 Å². The summed E-state index contributed by atoms with van der Waals surface area (Å²) in [5, 5.41) is 8.63. The minimum absolute atomic E-state index is 0. The van der Waals surface area contributed by atoms with Crippen molar-refractivity contribution in [2.45, 2.75) is 71.1 Å². The number of thiol groups is 1. The Morgan fingerprint density at radius 3 is 1.71 bits per heavy atom. The molecular formula is C13H28NNaO4S2. The van der Waals surface area contributed by atoms with Crippen LogP contribution in [0.2, 0.25) is 0 Å². The molecule has 0 atom stereocenters. The molecule has 0 aromatic rings. The van der Waals surface area contributed by atoms with Crippen LogP contribution in [0, 0.1) is 10.7 Å². The van der Waals surface area contributed by atoms with Gasteiger partial charge in [0.1, 0.15) is 5.40 Å². The van der Waals surface area contributed by atoms with E-state index >= 15 is 0 Å². The second-order valence-corrected chi connectivity index (χ2v) is 5.82. The summed E-state index contributed by atoms with van der Waals surface area (Å²) in [6.07, 6.45) is 11.9. The van der Waals surface area contributed by atoms with Gasteiger partial charge < -0.3 is 1.43 Å². The molecule has 0 bridgehead atoms. The molecule has 8 heteroatoms. The maximum absolute atomic E-state index is 10.2. The molecule has 0 aromatic heterocycles. The van der Waals surface area contributed by atoms with Crippen LogP contribution < -0.4 is 29.6 Å². The Morgan fingerprint density at radius 1 is 1.05 bits per heavy atom. The van der Waals surface area contributed by atoms with Gasteiger partial charge in [0, 0.05) is 0 Å². The van der Waals surface area contributed by atoms with Crippen LogP contribution in [0.4, 0.5) is 0 Å². The molecule has 0 aliphatic carbocycles. The molecule has 0 rings (SSSR count). The fourth-order valence-corrected chi connectivity index (χ4v) is 2.08. The van der Waals surface area contributed by atoms with Crippen molar-refractivity contribution in [1.82, 2.24) is 0 Å². The molecule has 0 heterocycles. The molecule has 0 aromatic carbocycles. The largest absolute Gasteiger partial charge is 1.00 e. The number of nitrogens with zero attached hydrogens (tertiary/aromatic N) is 1. The van der Waals surface area contributed by atoms with Crippen molar-refractivity contribution < 1.29 is 48.1 Å². The molecule has 0 spiro atoms. The standard InChI is InChI=1S/C12H26O4S.CHNS.Na.H/c1-2-3-4-5-6-7-8-9-10-11-12-16-17(13,14)15;2-1-3;;/h2-12H2,1H3,(H,13,14,15);3H;;/q;;+1;-1.